The Kier molecular flexibility index (Phi) is 9.53. The Labute approximate surface area is 266 Å². The Morgan fingerprint density at radius 1 is 1.07 bits per heavy atom. The van der Waals surface area contributed by atoms with Crippen LogP contribution in [0.4, 0.5) is 17.2 Å². The smallest absolute Gasteiger partial charge is 0.264 e. The van der Waals surface area contributed by atoms with Crippen LogP contribution in [0.1, 0.15) is 73.8 Å². The third-order valence-electron chi connectivity index (χ3n) is 9.12. The van der Waals surface area contributed by atoms with Crippen molar-refractivity contribution in [1.82, 2.24) is 10.1 Å². The van der Waals surface area contributed by atoms with Gasteiger partial charge in [-0.25, -0.2) is 13.4 Å². The highest BCUT2D eigenvalue weighted by molar-refractivity contribution is 7.92. The van der Waals surface area contributed by atoms with Gasteiger partial charge in [0.2, 0.25) is 0 Å². The molecular formula is C35H43N5O4S. The molecule has 1 aliphatic carbocycles. The number of aliphatic hydroxyl groups excluding tert-OH is 1. The van der Waals surface area contributed by atoms with Gasteiger partial charge in [0.25, 0.3) is 10.0 Å². The van der Waals surface area contributed by atoms with Crippen molar-refractivity contribution < 1.29 is 18.0 Å². The monoisotopic (exact) mass is 629 g/mol. The Morgan fingerprint density at radius 3 is 2.60 bits per heavy atom. The molecule has 0 bridgehead atoms. The van der Waals surface area contributed by atoms with E-state index in [1.807, 2.05) is 43.3 Å². The largest absolute Gasteiger partial charge is 0.385 e. The van der Waals surface area contributed by atoms with Crippen molar-refractivity contribution in [1.29, 1.82) is 0 Å². The molecule has 6 rings (SSSR count). The first-order chi connectivity index (χ1) is 21.8. The van der Waals surface area contributed by atoms with Crippen LogP contribution in [0.5, 0.6) is 0 Å². The molecule has 1 aliphatic heterocycles. The van der Waals surface area contributed by atoms with Gasteiger partial charge in [-0.15, -0.1) is 0 Å². The summed E-state index contributed by atoms with van der Waals surface area (Å²) in [7, 11) is -3.88. The van der Waals surface area contributed by atoms with Gasteiger partial charge in [0.05, 0.1) is 16.3 Å². The molecule has 0 amide bonds. The molecule has 3 heterocycles. The fourth-order valence-corrected chi connectivity index (χ4v) is 8.44. The second-order valence-electron chi connectivity index (χ2n) is 12.4. The fraction of sp³-hybridized carbons (Fsp3) is 0.429. The molecule has 45 heavy (non-hydrogen) atoms. The summed E-state index contributed by atoms with van der Waals surface area (Å²) in [5, 5.41) is 15.1. The van der Waals surface area contributed by atoms with Crippen molar-refractivity contribution >= 4 is 27.2 Å². The number of nitrogens with zero attached hydrogens (tertiary/aromatic N) is 4. The van der Waals surface area contributed by atoms with Crippen molar-refractivity contribution in [3.05, 3.63) is 95.5 Å². The van der Waals surface area contributed by atoms with E-state index >= 15 is 0 Å². The van der Waals surface area contributed by atoms with Crippen LogP contribution in [0, 0.1) is 12.8 Å². The van der Waals surface area contributed by atoms with Gasteiger partial charge in [-0.2, -0.15) is 0 Å². The average molecular weight is 630 g/mol. The Hall–Kier alpha value is -3.73. The number of benzene rings is 2. The molecule has 2 aliphatic rings. The number of nitrogens with two attached hydrogens (primary N) is 1. The van der Waals surface area contributed by atoms with E-state index in [2.05, 4.69) is 16.1 Å². The summed E-state index contributed by atoms with van der Waals surface area (Å²) in [5.74, 6) is 2.06. The zero-order valence-electron chi connectivity index (χ0n) is 25.9. The summed E-state index contributed by atoms with van der Waals surface area (Å²) < 4.78 is 34.6. The van der Waals surface area contributed by atoms with Crippen LogP contribution in [-0.4, -0.2) is 42.8 Å². The number of anilines is 3. The molecule has 2 aromatic carbocycles. The molecule has 0 radical (unpaired) electrons. The maximum absolute atomic E-state index is 13.9. The lowest BCUT2D eigenvalue weighted by Gasteiger charge is -2.28. The van der Waals surface area contributed by atoms with E-state index in [9.17, 15) is 13.5 Å². The maximum Gasteiger partial charge on any atom is 0.264 e. The van der Waals surface area contributed by atoms with Crippen LogP contribution >= 0.6 is 0 Å². The topological polar surface area (TPSA) is 126 Å². The lowest BCUT2D eigenvalue weighted by atomic mass is 10.00. The lowest BCUT2D eigenvalue weighted by Crippen LogP contribution is -2.35. The molecule has 238 valence electrons. The molecule has 10 heteroatoms. The zero-order chi connectivity index (χ0) is 31.4. The number of aliphatic hydroxyl groups is 1. The van der Waals surface area contributed by atoms with E-state index in [-0.39, 0.29) is 24.0 Å². The minimum Gasteiger partial charge on any atom is -0.385 e. The number of aryl methyl sites for hydroxylation is 2. The molecule has 9 nitrogen and oxygen atoms in total. The van der Waals surface area contributed by atoms with Gasteiger partial charge in [0.1, 0.15) is 11.9 Å². The summed E-state index contributed by atoms with van der Waals surface area (Å²) >= 11 is 0. The van der Waals surface area contributed by atoms with Gasteiger partial charge in [0.15, 0.2) is 5.76 Å². The van der Waals surface area contributed by atoms with Crippen molar-refractivity contribution in [2.75, 3.05) is 22.3 Å². The fourth-order valence-electron chi connectivity index (χ4n) is 6.91. The maximum atomic E-state index is 13.9. The van der Waals surface area contributed by atoms with E-state index in [0.29, 0.717) is 30.0 Å². The first-order valence-electron chi connectivity index (χ1n) is 16.1. The Bertz CT molecular complexity index is 1690. The van der Waals surface area contributed by atoms with Crippen LogP contribution in [0.15, 0.2) is 82.2 Å². The number of fused-ring (bicyclic) bond motifs is 1. The number of hydrogen-bond donors (Lipinski definition) is 2. The highest BCUT2D eigenvalue weighted by atomic mass is 32.2. The van der Waals surface area contributed by atoms with Crippen LogP contribution in [0.3, 0.4) is 0 Å². The highest BCUT2D eigenvalue weighted by Gasteiger charge is 2.36. The molecular weight excluding hydrogens is 586 g/mol. The van der Waals surface area contributed by atoms with Crippen LogP contribution < -0.4 is 14.9 Å². The molecule has 3 N–H and O–H groups in total. The van der Waals surface area contributed by atoms with Gasteiger partial charge >= 0.3 is 0 Å². The Morgan fingerprint density at radius 2 is 1.87 bits per heavy atom. The summed E-state index contributed by atoms with van der Waals surface area (Å²) in [4.78, 5) is 7.44. The van der Waals surface area contributed by atoms with E-state index in [1.165, 1.54) is 36.4 Å². The first-order valence-corrected chi connectivity index (χ1v) is 17.5. The molecule has 0 spiro atoms. The Balaban J connectivity index is 1.30. The van der Waals surface area contributed by atoms with Gasteiger partial charge in [-0.1, -0.05) is 61.5 Å². The second kappa shape index (κ2) is 13.7. The van der Waals surface area contributed by atoms with Gasteiger partial charge < -0.3 is 20.3 Å². The van der Waals surface area contributed by atoms with E-state index < -0.39 is 16.1 Å². The SMILES string of the molecule is Cc1cc(C(O)CC2Cc3cc(S(=O)(=O)N(CCN)c4ccccc4)ccc3N2c2cccc(CCCC3CCCC3)n2)on1. The van der Waals surface area contributed by atoms with Gasteiger partial charge in [-0.05, 0) is 80.1 Å². The van der Waals surface area contributed by atoms with E-state index in [0.717, 1.165) is 41.5 Å². The number of sulfonamides is 1. The lowest BCUT2D eigenvalue weighted by molar-refractivity contribution is 0.123. The molecule has 1 saturated carbocycles. The van der Waals surface area contributed by atoms with Crippen molar-refractivity contribution in [2.45, 2.75) is 81.8 Å². The summed E-state index contributed by atoms with van der Waals surface area (Å²) in [5.41, 5.74) is 9.94. The summed E-state index contributed by atoms with van der Waals surface area (Å²) in [6, 6.07) is 22.0. The number of para-hydroxylation sites is 1. The van der Waals surface area contributed by atoms with Crippen molar-refractivity contribution in [3.8, 4) is 0 Å². The summed E-state index contributed by atoms with van der Waals surface area (Å²) in [6.45, 7) is 2.18. The first kappa shape index (κ1) is 31.3. The molecule has 1 fully saturated rings. The highest BCUT2D eigenvalue weighted by Crippen LogP contribution is 2.42. The van der Waals surface area contributed by atoms with Gasteiger partial charge in [0, 0.05) is 43.0 Å². The number of rotatable bonds is 13. The predicted octanol–water partition coefficient (Wildman–Crippen LogP) is 6.23. The standard InChI is InChI=1S/C35H43N5O4S/c1-25-21-34(44-38-25)33(41)24-30-22-27-23-31(45(42,43)39(20-19-36)29-14-3-2-4-15-29)17-18-32(27)40(30)35-16-8-13-28(37-35)12-7-11-26-9-5-6-10-26/h2-4,8,13-18,21,23,26,30,33,41H,5-7,9-12,19-20,22,24,36H2,1H3. The molecule has 2 aromatic heterocycles. The average Bonchev–Trinajstić information content (AvgIpc) is 3.80. The third kappa shape index (κ3) is 6.93. The van der Waals surface area contributed by atoms with Gasteiger partial charge in [-0.3, -0.25) is 4.31 Å². The third-order valence-corrected chi connectivity index (χ3v) is 10.9. The zero-order valence-corrected chi connectivity index (χ0v) is 26.7. The quantitative estimate of drug-likeness (QED) is 0.178. The molecule has 4 aromatic rings. The molecule has 2 atom stereocenters. The van der Waals surface area contributed by atoms with Crippen molar-refractivity contribution in [3.63, 3.8) is 0 Å². The van der Waals surface area contributed by atoms with Crippen LogP contribution in [0.25, 0.3) is 0 Å². The predicted molar refractivity (Wildman–Crippen MR) is 176 cm³/mol. The van der Waals surface area contributed by atoms with E-state index in [4.69, 9.17) is 15.2 Å². The normalized spacial score (nSPS) is 17.5. The van der Waals surface area contributed by atoms with Crippen molar-refractivity contribution in [2.24, 2.45) is 11.7 Å². The summed E-state index contributed by atoms with van der Waals surface area (Å²) in [6.07, 6.45) is 8.72. The minimum absolute atomic E-state index is 0.165. The van der Waals surface area contributed by atoms with E-state index in [1.54, 1.807) is 30.3 Å². The van der Waals surface area contributed by atoms with Crippen LogP contribution in [-0.2, 0) is 22.9 Å². The molecule has 0 saturated heterocycles. The molecule has 2 unspecified atom stereocenters. The number of aromatic nitrogens is 2. The van der Waals surface area contributed by atoms with Crippen LogP contribution in [0.2, 0.25) is 0 Å². The minimum atomic E-state index is -3.88. The number of hydrogen-bond acceptors (Lipinski definition) is 8. The number of pyridine rings is 1. The second-order valence-corrected chi connectivity index (χ2v) is 14.2.